The Morgan fingerprint density at radius 1 is 0.692 bits per heavy atom. The van der Waals surface area contributed by atoms with Crippen molar-refractivity contribution in [2.45, 2.75) is 45.6 Å². The van der Waals surface area contributed by atoms with Crippen LogP contribution in [0.3, 0.4) is 0 Å². The fraction of sp³-hybridized carbons (Fsp3) is 0.267. The first-order valence-electron chi connectivity index (χ1n) is 12.4. The second kappa shape index (κ2) is 12.4. The van der Waals surface area contributed by atoms with Crippen LogP contribution >= 0.6 is 0 Å². The first kappa shape index (κ1) is 28.3. The minimum absolute atomic E-state index is 0.0536. The van der Waals surface area contributed by atoms with Gasteiger partial charge >= 0.3 is 6.61 Å². The van der Waals surface area contributed by atoms with E-state index < -0.39 is 41.4 Å². The van der Waals surface area contributed by atoms with Crippen LogP contribution in [0.5, 0.6) is 11.5 Å². The van der Waals surface area contributed by atoms with Gasteiger partial charge < -0.3 is 9.47 Å². The van der Waals surface area contributed by atoms with Crippen LogP contribution in [0.4, 0.5) is 30.7 Å². The predicted octanol–water partition coefficient (Wildman–Crippen LogP) is 8.50. The Morgan fingerprint density at radius 2 is 1.36 bits per heavy atom. The molecule has 0 spiro atoms. The SMILES string of the molecule is CCCOc1cc(F)c(CCc2ccc3c(F)c(CCc4cc(F)c(OC(F)F)c(F)c4)ccc3c2)c(F)c1. The van der Waals surface area contributed by atoms with Gasteiger partial charge in [-0.05, 0) is 66.3 Å². The van der Waals surface area contributed by atoms with Gasteiger partial charge in [-0.2, -0.15) is 8.78 Å². The van der Waals surface area contributed by atoms with Crippen molar-refractivity contribution in [3.05, 3.63) is 106 Å². The van der Waals surface area contributed by atoms with Crippen molar-refractivity contribution in [2.24, 2.45) is 0 Å². The molecule has 0 unspecified atom stereocenters. The summed E-state index contributed by atoms with van der Waals surface area (Å²) in [6.45, 7) is -1.12. The second-order valence-corrected chi connectivity index (χ2v) is 9.08. The molecule has 4 aromatic rings. The Labute approximate surface area is 221 Å². The van der Waals surface area contributed by atoms with Gasteiger partial charge in [-0.15, -0.1) is 0 Å². The van der Waals surface area contributed by atoms with Crippen LogP contribution in [0.1, 0.15) is 35.6 Å². The topological polar surface area (TPSA) is 18.5 Å². The minimum Gasteiger partial charge on any atom is -0.493 e. The molecule has 0 atom stereocenters. The molecule has 0 saturated heterocycles. The van der Waals surface area contributed by atoms with Crippen molar-refractivity contribution >= 4 is 10.8 Å². The fourth-order valence-corrected chi connectivity index (χ4v) is 4.36. The number of aryl methyl sites for hydroxylation is 3. The molecule has 0 aromatic heterocycles. The Morgan fingerprint density at radius 3 is 2.00 bits per heavy atom. The Kier molecular flexibility index (Phi) is 8.99. The lowest BCUT2D eigenvalue weighted by Gasteiger charge is -2.11. The lowest BCUT2D eigenvalue weighted by atomic mass is 9.97. The van der Waals surface area contributed by atoms with Gasteiger partial charge in [0.25, 0.3) is 0 Å². The molecule has 4 aromatic carbocycles. The molecule has 0 amide bonds. The van der Waals surface area contributed by atoms with Crippen molar-refractivity contribution in [3.8, 4) is 11.5 Å². The van der Waals surface area contributed by atoms with Crippen LogP contribution in [0.2, 0.25) is 0 Å². The van der Waals surface area contributed by atoms with Crippen LogP contribution in [-0.2, 0) is 25.7 Å². The third-order valence-corrected chi connectivity index (χ3v) is 6.30. The highest BCUT2D eigenvalue weighted by Gasteiger charge is 2.18. The van der Waals surface area contributed by atoms with E-state index in [0.29, 0.717) is 35.8 Å². The lowest BCUT2D eigenvalue weighted by Crippen LogP contribution is -2.06. The monoisotopic (exact) mass is 550 g/mol. The molecule has 0 aliphatic heterocycles. The number of benzene rings is 4. The third kappa shape index (κ3) is 6.82. The van der Waals surface area contributed by atoms with E-state index >= 15 is 4.39 Å². The summed E-state index contributed by atoms with van der Waals surface area (Å²) in [5.41, 5.74) is 1.17. The molecular formula is C30H25F7O2. The van der Waals surface area contributed by atoms with E-state index in [2.05, 4.69) is 4.74 Å². The van der Waals surface area contributed by atoms with Gasteiger partial charge in [0.15, 0.2) is 17.4 Å². The van der Waals surface area contributed by atoms with Crippen LogP contribution in [0.15, 0.2) is 54.6 Å². The minimum atomic E-state index is -3.37. The van der Waals surface area contributed by atoms with Gasteiger partial charge in [-0.1, -0.05) is 37.3 Å². The molecular weight excluding hydrogens is 525 g/mol. The molecule has 0 aliphatic rings. The molecule has 0 aliphatic carbocycles. The maximum absolute atomic E-state index is 15.2. The summed E-state index contributed by atoms with van der Waals surface area (Å²) in [6, 6.07) is 12.3. The quantitative estimate of drug-likeness (QED) is 0.174. The van der Waals surface area contributed by atoms with Crippen molar-refractivity contribution in [2.75, 3.05) is 6.61 Å². The van der Waals surface area contributed by atoms with Crippen LogP contribution in [0, 0.1) is 29.1 Å². The van der Waals surface area contributed by atoms with Crippen LogP contribution < -0.4 is 9.47 Å². The van der Waals surface area contributed by atoms with E-state index in [1.807, 2.05) is 6.92 Å². The summed E-state index contributed by atoms with van der Waals surface area (Å²) >= 11 is 0. The molecule has 206 valence electrons. The molecule has 0 saturated carbocycles. The molecule has 0 radical (unpaired) electrons. The Hall–Kier alpha value is -3.75. The first-order valence-corrected chi connectivity index (χ1v) is 12.4. The molecule has 0 N–H and O–H groups in total. The normalized spacial score (nSPS) is 11.4. The average Bonchev–Trinajstić information content (AvgIpc) is 2.88. The standard InChI is InChI=1S/C30H25F7O2/c1-2-11-38-21-15-24(31)23(25(32)16-21)10-5-17-4-9-22-20(12-17)8-7-19(28(22)35)6-3-18-13-26(33)29(27(34)14-18)39-30(36)37/h4,7-9,12-16,30H,2-3,5-6,10-11H2,1H3. The summed E-state index contributed by atoms with van der Waals surface area (Å²) in [7, 11) is 0. The van der Waals surface area contributed by atoms with Crippen LogP contribution in [0.25, 0.3) is 10.8 Å². The van der Waals surface area contributed by atoms with Gasteiger partial charge in [0.1, 0.15) is 23.2 Å². The Balaban J connectivity index is 1.45. The smallest absolute Gasteiger partial charge is 0.387 e. The Bertz CT molecular complexity index is 1420. The van der Waals surface area contributed by atoms with Crippen molar-refractivity contribution in [3.63, 3.8) is 0 Å². The summed E-state index contributed by atoms with van der Waals surface area (Å²) in [4.78, 5) is 0. The van der Waals surface area contributed by atoms with Gasteiger partial charge in [-0.25, -0.2) is 22.0 Å². The number of ether oxygens (including phenoxy) is 2. The maximum atomic E-state index is 15.2. The number of fused-ring (bicyclic) bond motifs is 1. The largest absolute Gasteiger partial charge is 0.493 e. The third-order valence-electron chi connectivity index (χ3n) is 6.30. The van der Waals surface area contributed by atoms with E-state index in [-0.39, 0.29) is 36.1 Å². The predicted molar refractivity (Wildman–Crippen MR) is 134 cm³/mol. The van der Waals surface area contributed by atoms with Gasteiger partial charge in [-0.3, -0.25) is 0 Å². The highest BCUT2D eigenvalue weighted by Crippen LogP contribution is 2.28. The van der Waals surface area contributed by atoms with E-state index in [0.717, 1.165) is 17.7 Å². The van der Waals surface area contributed by atoms with Gasteiger partial charge in [0, 0.05) is 23.1 Å². The fourth-order valence-electron chi connectivity index (χ4n) is 4.36. The molecule has 4 rings (SSSR count). The highest BCUT2D eigenvalue weighted by molar-refractivity contribution is 5.84. The number of hydrogen-bond donors (Lipinski definition) is 0. The zero-order chi connectivity index (χ0) is 28.1. The van der Waals surface area contributed by atoms with Crippen LogP contribution in [-0.4, -0.2) is 13.2 Å². The number of hydrogen-bond acceptors (Lipinski definition) is 2. The average molecular weight is 551 g/mol. The molecule has 2 nitrogen and oxygen atoms in total. The molecule has 0 heterocycles. The maximum Gasteiger partial charge on any atom is 0.387 e. The molecule has 0 fully saturated rings. The molecule has 0 bridgehead atoms. The summed E-state index contributed by atoms with van der Waals surface area (Å²) < 4.78 is 106. The first-order chi connectivity index (χ1) is 18.7. The van der Waals surface area contributed by atoms with E-state index in [9.17, 15) is 26.3 Å². The molecule has 39 heavy (non-hydrogen) atoms. The molecule has 9 heteroatoms. The van der Waals surface area contributed by atoms with Gasteiger partial charge in [0.2, 0.25) is 0 Å². The van der Waals surface area contributed by atoms with Crippen molar-refractivity contribution in [1.82, 2.24) is 0 Å². The van der Waals surface area contributed by atoms with Crippen molar-refractivity contribution in [1.29, 1.82) is 0 Å². The number of alkyl halides is 2. The number of halogens is 7. The van der Waals surface area contributed by atoms with Crippen molar-refractivity contribution < 1.29 is 40.2 Å². The second-order valence-electron chi connectivity index (χ2n) is 9.08. The summed E-state index contributed by atoms with van der Waals surface area (Å²) in [5.74, 6) is -5.43. The zero-order valence-electron chi connectivity index (χ0n) is 21.0. The zero-order valence-corrected chi connectivity index (χ0v) is 21.0. The lowest BCUT2D eigenvalue weighted by molar-refractivity contribution is -0.0546. The highest BCUT2D eigenvalue weighted by atomic mass is 19.3. The van der Waals surface area contributed by atoms with E-state index in [1.54, 1.807) is 30.3 Å². The van der Waals surface area contributed by atoms with Gasteiger partial charge in [0.05, 0.1) is 6.61 Å². The van der Waals surface area contributed by atoms with E-state index in [1.165, 1.54) is 12.1 Å². The summed E-state index contributed by atoms with van der Waals surface area (Å²) in [5, 5.41) is 0.910. The number of rotatable bonds is 11. The van der Waals surface area contributed by atoms with E-state index in [4.69, 9.17) is 4.74 Å². The summed E-state index contributed by atoms with van der Waals surface area (Å²) in [6.07, 6.45) is 1.30.